The molecule has 0 aromatic rings. The Balaban J connectivity index is 5.39. The first-order valence-corrected chi connectivity index (χ1v) is 11.8. The molecule has 0 spiro atoms. The van der Waals surface area contributed by atoms with E-state index in [9.17, 15) is 19.2 Å². The van der Waals surface area contributed by atoms with Crippen LogP contribution in [0.1, 0.15) is 53.9 Å². The zero-order valence-electron chi connectivity index (χ0n) is 18.9. The van der Waals surface area contributed by atoms with Crippen molar-refractivity contribution in [2.24, 2.45) is 17.6 Å². The van der Waals surface area contributed by atoms with Gasteiger partial charge < -0.3 is 26.8 Å². The summed E-state index contributed by atoms with van der Waals surface area (Å²) in [7, 11) is 0. The Morgan fingerprint density at radius 1 is 0.900 bits per heavy atom. The number of carbonyl (C=O) groups excluding carboxylic acids is 3. The summed E-state index contributed by atoms with van der Waals surface area (Å²) in [5.74, 6) is -2.26. The molecule has 0 saturated carbocycles. The molecule has 174 valence electrons. The molecule has 6 N–H and O–H groups in total. The molecule has 0 aliphatic rings. The van der Waals surface area contributed by atoms with E-state index >= 15 is 0 Å². The van der Waals surface area contributed by atoms with Crippen molar-refractivity contribution >= 4 is 35.5 Å². The van der Waals surface area contributed by atoms with Crippen molar-refractivity contribution in [3.8, 4) is 0 Å². The predicted molar refractivity (Wildman–Crippen MR) is 119 cm³/mol. The highest BCUT2D eigenvalue weighted by Crippen LogP contribution is 2.11. The number of carboxylic acids is 1. The van der Waals surface area contributed by atoms with Crippen LogP contribution in [0.4, 0.5) is 0 Å². The molecule has 3 amide bonds. The Labute approximate surface area is 183 Å². The van der Waals surface area contributed by atoms with E-state index in [1.807, 2.05) is 27.0 Å². The normalized spacial score (nSPS) is 17.0. The lowest BCUT2D eigenvalue weighted by Gasteiger charge is -2.28. The van der Waals surface area contributed by atoms with E-state index < -0.39 is 47.9 Å². The van der Waals surface area contributed by atoms with Crippen LogP contribution in [0.15, 0.2) is 0 Å². The fourth-order valence-corrected chi connectivity index (χ4v) is 3.08. The largest absolute Gasteiger partial charge is 0.480 e. The summed E-state index contributed by atoms with van der Waals surface area (Å²) in [5.41, 5.74) is 5.98. The summed E-state index contributed by atoms with van der Waals surface area (Å²) in [6.45, 7) is 8.82. The lowest BCUT2D eigenvalue weighted by Crippen LogP contribution is -2.58. The SMILES string of the molecule is CCC(C)C(N)C(=O)NC(CCSC)C(=O)NC(C(=O)NC(C)C(=O)O)C(C)CC. The fraction of sp³-hybridized carbons (Fsp3) is 0.800. The fourth-order valence-electron chi connectivity index (χ4n) is 2.61. The van der Waals surface area contributed by atoms with Crippen molar-refractivity contribution in [2.45, 2.75) is 78.0 Å². The van der Waals surface area contributed by atoms with Crippen molar-refractivity contribution in [3.63, 3.8) is 0 Å². The van der Waals surface area contributed by atoms with Gasteiger partial charge in [-0.1, -0.05) is 40.5 Å². The van der Waals surface area contributed by atoms with E-state index in [-0.39, 0.29) is 11.8 Å². The van der Waals surface area contributed by atoms with Crippen molar-refractivity contribution < 1.29 is 24.3 Å². The van der Waals surface area contributed by atoms with Gasteiger partial charge in [0.05, 0.1) is 6.04 Å². The second kappa shape index (κ2) is 14.2. The molecule has 0 saturated heterocycles. The standard InChI is InChI=1S/C20H38N4O5S/c1-7-11(3)15(21)18(26)23-14(9-10-30-6)17(25)24-16(12(4)8-2)19(27)22-13(5)20(28)29/h11-16H,7-10,21H2,1-6H3,(H,22,27)(H,23,26)(H,24,25)(H,28,29). The molecule has 0 bridgehead atoms. The third-order valence-electron chi connectivity index (χ3n) is 5.33. The maximum atomic E-state index is 12.9. The monoisotopic (exact) mass is 446 g/mol. The minimum Gasteiger partial charge on any atom is -0.480 e. The summed E-state index contributed by atoms with van der Waals surface area (Å²) >= 11 is 1.53. The summed E-state index contributed by atoms with van der Waals surface area (Å²) in [6.07, 6.45) is 3.60. The van der Waals surface area contributed by atoms with Crippen LogP contribution in [-0.4, -0.2) is 65.0 Å². The Morgan fingerprint density at radius 3 is 1.93 bits per heavy atom. The Hall–Kier alpha value is -1.81. The van der Waals surface area contributed by atoms with Crippen molar-refractivity contribution in [3.05, 3.63) is 0 Å². The number of thioether (sulfide) groups is 1. The van der Waals surface area contributed by atoms with Crippen LogP contribution >= 0.6 is 11.8 Å². The van der Waals surface area contributed by atoms with E-state index in [1.54, 1.807) is 6.92 Å². The third-order valence-corrected chi connectivity index (χ3v) is 5.97. The third kappa shape index (κ3) is 9.34. The van der Waals surface area contributed by atoms with Gasteiger partial charge in [0.15, 0.2) is 0 Å². The van der Waals surface area contributed by atoms with Gasteiger partial charge in [0.1, 0.15) is 18.1 Å². The molecule has 0 aromatic heterocycles. The smallest absolute Gasteiger partial charge is 0.325 e. The quantitative estimate of drug-likeness (QED) is 0.264. The van der Waals surface area contributed by atoms with Crippen molar-refractivity contribution in [1.82, 2.24) is 16.0 Å². The van der Waals surface area contributed by atoms with Gasteiger partial charge in [-0.15, -0.1) is 0 Å². The predicted octanol–water partition coefficient (Wildman–Crippen LogP) is 0.718. The molecule has 6 atom stereocenters. The second-order valence-corrected chi connectivity index (χ2v) is 8.68. The van der Waals surface area contributed by atoms with Crippen LogP contribution in [0, 0.1) is 11.8 Å². The first-order chi connectivity index (χ1) is 14.0. The topological polar surface area (TPSA) is 151 Å². The van der Waals surface area contributed by atoms with Gasteiger partial charge in [-0.05, 0) is 37.2 Å². The summed E-state index contributed by atoms with van der Waals surface area (Å²) in [6, 6.07) is -3.57. The molecular weight excluding hydrogens is 408 g/mol. The van der Waals surface area contributed by atoms with E-state index in [0.29, 0.717) is 18.6 Å². The van der Waals surface area contributed by atoms with E-state index in [2.05, 4.69) is 16.0 Å². The molecule has 0 radical (unpaired) electrons. The number of amides is 3. The van der Waals surface area contributed by atoms with Gasteiger partial charge in [0.25, 0.3) is 0 Å². The number of hydrogen-bond acceptors (Lipinski definition) is 6. The van der Waals surface area contributed by atoms with Gasteiger partial charge in [-0.2, -0.15) is 11.8 Å². The molecule has 0 rings (SSSR count). The number of nitrogens with two attached hydrogens (primary N) is 1. The highest BCUT2D eigenvalue weighted by atomic mass is 32.2. The zero-order valence-corrected chi connectivity index (χ0v) is 19.7. The van der Waals surface area contributed by atoms with Crippen LogP contribution < -0.4 is 21.7 Å². The van der Waals surface area contributed by atoms with Crippen LogP contribution in [0.5, 0.6) is 0 Å². The molecule has 0 aromatic carbocycles. The Kier molecular flexibility index (Phi) is 13.4. The van der Waals surface area contributed by atoms with Crippen LogP contribution in [0.25, 0.3) is 0 Å². The molecule has 30 heavy (non-hydrogen) atoms. The van der Waals surface area contributed by atoms with Crippen LogP contribution in [0.2, 0.25) is 0 Å². The van der Waals surface area contributed by atoms with E-state index in [0.717, 1.165) is 6.42 Å². The van der Waals surface area contributed by atoms with Crippen molar-refractivity contribution in [1.29, 1.82) is 0 Å². The molecule has 0 aliphatic heterocycles. The molecule has 0 aliphatic carbocycles. The molecular formula is C20H38N4O5S. The van der Waals surface area contributed by atoms with E-state index in [4.69, 9.17) is 10.8 Å². The maximum Gasteiger partial charge on any atom is 0.325 e. The number of nitrogens with one attached hydrogen (secondary N) is 3. The van der Waals surface area contributed by atoms with Gasteiger partial charge >= 0.3 is 5.97 Å². The molecule has 0 fully saturated rings. The van der Waals surface area contributed by atoms with Crippen molar-refractivity contribution in [2.75, 3.05) is 12.0 Å². The average molecular weight is 447 g/mol. The lowest BCUT2D eigenvalue weighted by molar-refractivity contribution is -0.142. The number of rotatable bonds is 14. The van der Waals surface area contributed by atoms with Gasteiger partial charge in [-0.3, -0.25) is 19.2 Å². The molecule has 10 heteroatoms. The average Bonchev–Trinajstić information content (AvgIpc) is 2.72. The number of aliphatic carboxylic acids is 1. The van der Waals surface area contributed by atoms with Gasteiger partial charge in [-0.25, -0.2) is 0 Å². The molecule has 9 nitrogen and oxygen atoms in total. The van der Waals surface area contributed by atoms with E-state index in [1.165, 1.54) is 18.7 Å². The molecule has 0 heterocycles. The Bertz CT molecular complexity index is 590. The zero-order chi connectivity index (χ0) is 23.4. The number of carboxylic acid groups (broad SMARTS) is 1. The Morgan fingerprint density at radius 2 is 1.47 bits per heavy atom. The second-order valence-electron chi connectivity index (χ2n) is 7.69. The minimum atomic E-state index is -1.17. The number of carbonyl (C=O) groups is 4. The lowest BCUT2D eigenvalue weighted by atomic mass is 9.97. The van der Waals surface area contributed by atoms with Gasteiger partial charge in [0, 0.05) is 0 Å². The maximum absolute atomic E-state index is 12.9. The highest BCUT2D eigenvalue weighted by Gasteiger charge is 2.32. The van der Waals surface area contributed by atoms with Crippen LogP contribution in [0.3, 0.4) is 0 Å². The first-order valence-electron chi connectivity index (χ1n) is 10.4. The summed E-state index contributed by atoms with van der Waals surface area (Å²) in [5, 5.41) is 16.8. The highest BCUT2D eigenvalue weighted by molar-refractivity contribution is 7.98. The van der Waals surface area contributed by atoms with Gasteiger partial charge in [0.2, 0.25) is 17.7 Å². The summed E-state index contributed by atoms with van der Waals surface area (Å²) < 4.78 is 0. The molecule has 6 unspecified atom stereocenters. The summed E-state index contributed by atoms with van der Waals surface area (Å²) in [4.78, 5) is 49.0. The van der Waals surface area contributed by atoms with Crippen LogP contribution in [-0.2, 0) is 19.2 Å². The first kappa shape index (κ1) is 28.2. The minimum absolute atomic E-state index is 0.0367. The number of hydrogen-bond donors (Lipinski definition) is 5.